The third-order valence-electron chi connectivity index (χ3n) is 6.92. The quantitative estimate of drug-likeness (QED) is 0.456. The molecule has 2 aliphatic rings. The van der Waals surface area contributed by atoms with E-state index in [1.165, 1.54) is 5.56 Å². The highest BCUT2D eigenvalue weighted by atomic mass is 16.5. The fraction of sp³-hybridized carbons (Fsp3) is 0.423. The van der Waals surface area contributed by atoms with Gasteiger partial charge in [0.2, 0.25) is 0 Å². The maximum atomic E-state index is 11.1. The van der Waals surface area contributed by atoms with Gasteiger partial charge < -0.3 is 14.1 Å². The van der Waals surface area contributed by atoms with Crippen LogP contribution in [0.1, 0.15) is 48.1 Å². The van der Waals surface area contributed by atoms with Crippen LogP contribution < -0.4 is 0 Å². The standard InChI is InChI=1S/C26H29N3O3/c1-31-15-14-29-12-8-18(9-13-29)25-17-23(26(32-25)19-6-10-27-11-7-19)21-2-4-22-20(16-21)3-5-24(22)28-30/h2,4,6-7,10-11,16-18,24H,3,5,8-9,12-15H2,1H3. The molecule has 0 N–H and O–H groups in total. The first-order chi connectivity index (χ1) is 15.8. The van der Waals surface area contributed by atoms with E-state index in [9.17, 15) is 4.91 Å². The number of piperidine rings is 1. The van der Waals surface area contributed by atoms with Gasteiger partial charge in [-0.25, -0.2) is 0 Å². The Balaban J connectivity index is 1.46. The molecule has 3 aromatic rings. The molecule has 0 bridgehead atoms. The Morgan fingerprint density at radius 2 is 1.91 bits per heavy atom. The summed E-state index contributed by atoms with van der Waals surface area (Å²) in [7, 11) is 1.76. The van der Waals surface area contributed by atoms with Crippen molar-refractivity contribution >= 4 is 0 Å². The average molecular weight is 432 g/mol. The number of benzene rings is 1. The van der Waals surface area contributed by atoms with Crippen molar-refractivity contribution in [3.05, 3.63) is 70.6 Å². The first-order valence-electron chi connectivity index (χ1n) is 11.5. The molecule has 0 spiro atoms. The number of furan rings is 1. The van der Waals surface area contributed by atoms with Gasteiger partial charge in [0.15, 0.2) is 0 Å². The van der Waals surface area contributed by atoms with Gasteiger partial charge >= 0.3 is 0 Å². The molecule has 3 heterocycles. The smallest absolute Gasteiger partial charge is 0.142 e. The van der Waals surface area contributed by atoms with E-state index in [1.807, 2.05) is 12.1 Å². The van der Waals surface area contributed by atoms with Gasteiger partial charge in [-0.15, -0.1) is 0 Å². The first-order valence-corrected chi connectivity index (χ1v) is 11.5. The molecule has 2 aromatic heterocycles. The lowest BCUT2D eigenvalue weighted by Gasteiger charge is -2.30. The number of ether oxygens (including phenoxy) is 1. The molecule has 1 saturated heterocycles. The molecule has 5 rings (SSSR count). The Bertz CT molecular complexity index is 1070. The molecule has 1 aromatic carbocycles. The highest BCUT2D eigenvalue weighted by Gasteiger charge is 2.27. The molecular formula is C26H29N3O3. The zero-order valence-electron chi connectivity index (χ0n) is 18.5. The number of fused-ring (bicyclic) bond motifs is 1. The summed E-state index contributed by atoms with van der Waals surface area (Å²) in [5.41, 5.74) is 5.57. The van der Waals surface area contributed by atoms with Crippen LogP contribution in [0.2, 0.25) is 0 Å². The lowest BCUT2D eigenvalue weighted by atomic mass is 9.92. The lowest BCUT2D eigenvalue weighted by Crippen LogP contribution is -2.35. The molecule has 0 saturated carbocycles. The normalized spacial score (nSPS) is 19.2. The van der Waals surface area contributed by atoms with Crippen molar-refractivity contribution in [3.63, 3.8) is 0 Å². The van der Waals surface area contributed by atoms with E-state index >= 15 is 0 Å². The summed E-state index contributed by atoms with van der Waals surface area (Å²) < 4.78 is 11.8. The molecule has 6 heteroatoms. The SMILES string of the molecule is COCCN1CCC(c2cc(-c3ccc4c(c3)CCC4N=O)c(-c3ccncc3)o2)CC1. The third-order valence-corrected chi connectivity index (χ3v) is 6.92. The van der Waals surface area contributed by atoms with Gasteiger partial charge in [-0.1, -0.05) is 23.4 Å². The van der Waals surface area contributed by atoms with Crippen LogP contribution in [-0.4, -0.2) is 43.2 Å². The van der Waals surface area contributed by atoms with Crippen LogP contribution in [0.5, 0.6) is 0 Å². The van der Waals surface area contributed by atoms with Crippen LogP contribution in [0.4, 0.5) is 0 Å². The largest absolute Gasteiger partial charge is 0.460 e. The summed E-state index contributed by atoms with van der Waals surface area (Å²) in [4.78, 5) is 17.8. The molecule has 32 heavy (non-hydrogen) atoms. The number of aryl methyl sites for hydroxylation is 1. The van der Waals surface area contributed by atoms with Gasteiger partial charge in [-0.05, 0) is 73.7 Å². The van der Waals surface area contributed by atoms with Gasteiger partial charge in [0.05, 0.1) is 6.61 Å². The van der Waals surface area contributed by atoms with Crippen molar-refractivity contribution in [3.8, 4) is 22.5 Å². The Morgan fingerprint density at radius 3 is 2.66 bits per heavy atom. The van der Waals surface area contributed by atoms with Gasteiger partial charge in [-0.3, -0.25) is 4.98 Å². The molecule has 166 valence electrons. The molecule has 1 fully saturated rings. The van der Waals surface area contributed by atoms with E-state index in [0.717, 1.165) is 85.7 Å². The van der Waals surface area contributed by atoms with Crippen molar-refractivity contribution in [1.29, 1.82) is 0 Å². The van der Waals surface area contributed by atoms with E-state index in [4.69, 9.17) is 9.15 Å². The Kier molecular flexibility index (Phi) is 6.14. The number of nitrogens with zero attached hydrogens (tertiary/aromatic N) is 3. The molecular weight excluding hydrogens is 402 g/mol. The summed E-state index contributed by atoms with van der Waals surface area (Å²) in [5, 5.41) is 3.30. The van der Waals surface area contributed by atoms with Gasteiger partial charge in [0.25, 0.3) is 0 Å². The number of rotatable bonds is 7. The van der Waals surface area contributed by atoms with Crippen LogP contribution in [0.25, 0.3) is 22.5 Å². The fourth-order valence-electron chi connectivity index (χ4n) is 5.08. The van der Waals surface area contributed by atoms with Crippen LogP contribution in [0.3, 0.4) is 0 Å². The predicted octanol–water partition coefficient (Wildman–Crippen LogP) is 5.59. The molecule has 6 nitrogen and oxygen atoms in total. The van der Waals surface area contributed by atoms with Crippen molar-refractivity contribution in [2.24, 2.45) is 5.18 Å². The van der Waals surface area contributed by atoms with E-state index in [-0.39, 0.29) is 6.04 Å². The van der Waals surface area contributed by atoms with E-state index < -0.39 is 0 Å². The summed E-state index contributed by atoms with van der Waals surface area (Å²) in [6.45, 7) is 3.89. The highest BCUT2D eigenvalue weighted by Crippen LogP contribution is 2.42. The van der Waals surface area contributed by atoms with Crippen molar-refractivity contribution in [1.82, 2.24) is 9.88 Å². The second kappa shape index (κ2) is 9.35. The Hall–Kier alpha value is -2.83. The summed E-state index contributed by atoms with van der Waals surface area (Å²) >= 11 is 0. The fourth-order valence-corrected chi connectivity index (χ4v) is 5.08. The van der Waals surface area contributed by atoms with E-state index in [1.54, 1.807) is 19.5 Å². The minimum Gasteiger partial charge on any atom is -0.460 e. The summed E-state index contributed by atoms with van der Waals surface area (Å²) in [5.74, 6) is 2.37. The molecule has 1 aliphatic heterocycles. The number of methoxy groups -OCH3 is 1. The number of nitroso groups, excluding NO2 is 1. The topological polar surface area (TPSA) is 67.9 Å². The maximum absolute atomic E-state index is 11.1. The summed E-state index contributed by atoms with van der Waals surface area (Å²) in [6.07, 6.45) is 7.48. The Morgan fingerprint density at radius 1 is 1.09 bits per heavy atom. The van der Waals surface area contributed by atoms with Crippen molar-refractivity contribution in [2.75, 3.05) is 33.4 Å². The van der Waals surface area contributed by atoms with E-state index in [0.29, 0.717) is 5.92 Å². The number of likely N-dealkylation sites (tertiary alicyclic amines) is 1. The second-order valence-corrected chi connectivity index (χ2v) is 8.81. The van der Waals surface area contributed by atoms with Crippen molar-refractivity contribution in [2.45, 2.75) is 37.6 Å². The zero-order valence-corrected chi connectivity index (χ0v) is 18.5. The van der Waals surface area contributed by atoms with Gasteiger partial charge in [0.1, 0.15) is 17.6 Å². The minimum atomic E-state index is -0.207. The van der Waals surface area contributed by atoms with Crippen LogP contribution in [0.15, 0.2) is 58.4 Å². The highest BCUT2D eigenvalue weighted by molar-refractivity contribution is 5.81. The van der Waals surface area contributed by atoms with E-state index in [2.05, 4.69) is 39.3 Å². The number of hydrogen-bond donors (Lipinski definition) is 0. The molecule has 1 unspecified atom stereocenters. The third kappa shape index (κ3) is 4.12. The summed E-state index contributed by atoms with van der Waals surface area (Å²) in [6, 6.07) is 12.4. The maximum Gasteiger partial charge on any atom is 0.142 e. The van der Waals surface area contributed by atoms with Crippen LogP contribution in [-0.2, 0) is 11.2 Å². The molecule has 1 aliphatic carbocycles. The average Bonchev–Trinajstić information content (AvgIpc) is 3.48. The lowest BCUT2D eigenvalue weighted by molar-refractivity contribution is 0.128. The molecule has 0 radical (unpaired) electrons. The van der Waals surface area contributed by atoms with Crippen LogP contribution >= 0.6 is 0 Å². The number of aromatic nitrogens is 1. The minimum absolute atomic E-state index is 0.207. The van der Waals surface area contributed by atoms with Crippen LogP contribution in [0, 0.1) is 4.91 Å². The number of hydrogen-bond acceptors (Lipinski definition) is 6. The first kappa shape index (κ1) is 21.0. The Labute approximate surface area is 188 Å². The zero-order chi connectivity index (χ0) is 21.9. The monoisotopic (exact) mass is 431 g/mol. The predicted molar refractivity (Wildman–Crippen MR) is 125 cm³/mol. The molecule has 1 atom stereocenters. The second-order valence-electron chi connectivity index (χ2n) is 8.81. The van der Waals surface area contributed by atoms with Gasteiger partial charge in [0, 0.05) is 43.1 Å². The van der Waals surface area contributed by atoms with Gasteiger partial charge in [-0.2, -0.15) is 4.91 Å². The van der Waals surface area contributed by atoms with Crippen molar-refractivity contribution < 1.29 is 9.15 Å². The molecule has 0 amide bonds. The number of pyridine rings is 1.